The summed E-state index contributed by atoms with van der Waals surface area (Å²) in [6.45, 7) is 2.52. The van der Waals surface area contributed by atoms with Gasteiger partial charge in [-0.2, -0.15) is 0 Å². The summed E-state index contributed by atoms with van der Waals surface area (Å²) >= 11 is 0. The van der Waals surface area contributed by atoms with Gasteiger partial charge in [-0.3, -0.25) is 24.5 Å². The number of rotatable bonds is 5. The molecule has 0 bridgehead atoms. The van der Waals surface area contributed by atoms with Crippen molar-refractivity contribution in [3.8, 4) is 0 Å². The molecule has 1 saturated carbocycles. The van der Waals surface area contributed by atoms with E-state index in [1.807, 2.05) is 21.9 Å². The molecule has 1 N–H and O–H groups in total. The van der Waals surface area contributed by atoms with Crippen LogP contribution in [-0.4, -0.2) is 59.6 Å². The first-order valence-corrected chi connectivity index (χ1v) is 11.5. The summed E-state index contributed by atoms with van der Waals surface area (Å²) in [6, 6.07) is 7.30. The van der Waals surface area contributed by atoms with Gasteiger partial charge in [0.2, 0.25) is 17.7 Å². The third-order valence-corrected chi connectivity index (χ3v) is 6.82. The van der Waals surface area contributed by atoms with E-state index in [0.717, 1.165) is 18.5 Å². The van der Waals surface area contributed by atoms with E-state index >= 15 is 0 Å². The number of hydrogen-bond acceptors (Lipinski definition) is 4. The van der Waals surface area contributed by atoms with Crippen molar-refractivity contribution in [2.24, 2.45) is 11.8 Å². The Morgan fingerprint density at radius 1 is 0.903 bits per heavy atom. The largest absolute Gasteiger partial charge is 0.341 e. The molecule has 1 unspecified atom stereocenters. The van der Waals surface area contributed by atoms with E-state index in [1.165, 1.54) is 25.7 Å². The molecule has 7 heteroatoms. The number of nitrogens with one attached hydrogen (secondary N) is 1. The molecular formula is C24H31N3O4. The van der Waals surface area contributed by atoms with Crippen LogP contribution >= 0.6 is 0 Å². The summed E-state index contributed by atoms with van der Waals surface area (Å²) in [5.41, 5.74) is 1.55. The average Bonchev–Trinajstić information content (AvgIpc) is 3.28. The lowest BCUT2D eigenvalue weighted by Gasteiger charge is -2.23. The SMILES string of the molecule is O=C1CC(Cc2ccc(C(=O)N3CCCN(C(=O)CC4CCCC4)CC3)cc2)C(=O)N1. The van der Waals surface area contributed by atoms with Gasteiger partial charge in [0.1, 0.15) is 0 Å². The van der Waals surface area contributed by atoms with Gasteiger partial charge >= 0.3 is 0 Å². The second-order valence-corrected chi connectivity index (χ2v) is 9.10. The molecule has 0 aromatic heterocycles. The first-order chi connectivity index (χ1) is 15.0. The summed E-state index contributed by atoms with van der Waals surface area (Å²) < 4.78 is 0. The number of benzene rings is 1. The lowest BCUT2D eigenvalue weighted by Crippen LogP contribution is -2.37. The Labute approximate surface area is 183 Å². The van der Waals surface area contributed by atoms with Gasteiger partial charge in [-0.25, -0.2) is 0 Å². The Morgan fingerprint density at radius 2 is 1.58 bits per heavy atom. The molecule has 1 aromatic rings. The highest BCUT2D eigenvalue weighted by molar-refractivity contribution is 6.03. The van der Waals surface area contributed by atoms with E-state index in [2.05, 4.69) is 5.32 Å². The van der Waals surface area contributed by atoms with Crippen LogP contribution in [-0.2, 0) is 20.8 Å². The van der Waals surface area contributed by atoms with E-state index in [-0.39, 0.29) is 36.0 Å². The van der Waals surface area contributed by atoms with Crippen LogP contribution in [0.5, 0.6) is 0 Å². The quantitative estimate of drug-likeness (QED) is 0.733. The van der Waals surface area contributed by atoms with Gasteiger partial charge in [-0.1, -0.05) is 25.0 Å². The number of nitrogens with zero attached hydrogens (tertiary/aromatic N) is 2. The molecular weight excluding hydrogens is 394 g/mol. The maximum Gasteiger partial charge on any atom is 0.253 e. The Bertz CT molecular complexity index is 845. The maximum absolute atomic E-state index is 13.0. The Balaban J connectivity index is 1.30. The summed E-state index contributed by atoms with van der Waals surface area (Å²) in [6.07, 6.45) is 6.99. The fraction of sp³-hybridized carbons (Fsp3) is 0.583. The topological polar surface area (TPSA) is 86.8 Å². The van der Waals surface area contributed by atoms with Crippen LogP contribution in [0.2, 0.25) is 0 Å². The predicted octanol–water partition coefficient (Wildman–Crippen LogP) is 2.15. The van der Waals surface area contributed by atoms with Crippen LogP contribution in [0.25, 0.3) is 0 Å². The minimum Gasteiger partial charge on any atom is -0.341 e. The van der Waals surface area contributed by atoms with E-state index in [9.17, 15) is 19.2 Å². The molecule has 7 nitrogen and oxygen atoms in total. The molecule has 3 aliphatic rings. The zero-order valence-electron chi connectivity index (χ0n) is 18.0. The van der Waals surface area contributed by atoms with Crippen molar-refractivity contribution in [1.29, 1.82) is 0 Å². The minimum absolute atomic E-state index is 0.0228. The highest BCUT2D eigenvalue weighted by Gasteiger charge is 2.30. The molecule has 1 aliphatic carbocycles. The lowest BCUT2D eigenvalue weighted by molar-refractivity contribution is -0.132. The molecule has 0 spiro atoms. The second-order valence-electron chi connectivity index (χ2n) is 9.10. The fourth-order valence-corrected chi connectivity index (χ4v) is 4.98. The molecule has 0 radical (unpaired) electrons. The third kappa shape index (κ3) is 5.32. The highest BCUT2D eigenvalue weighted by Crippen LogP contribution is 2.28. The zero-order chi connectivity index (χ0) is 21.8. The minimum atomic E-state index is -0.326. The number of imide groups is 1. The summed E-state index contributed by atoms with van der Waals surface area (Å²) in [5.74, 6) is -0.0151. The predicted molar refractivity (Wildman–Crippen MR) is 115 cm³/mol. The molecule has 2 saturated heterocycles. The van der Waals surface area contributed by atoms with Crippen LogP contribution in [0, 0.1) is 11.8 Å². The van der Waals surface area contributed by atoms with E-state index in [1.54, 1.807) is 12.1 Å². The van der Waals surface area contributed by atoms with Crippen LogP contribution in [0.1, 0.15) is 60.9 Å². The van der Waals surface area contributed by atoms with Crippen molar-refractivity contribution in [2.45, 2.75) is 51.4 Å². The van der Waals surface area contributed by atoms with Crippen LogP contribution in [0.15, 0.2) is 24.3 Å². The van der Waals surface area contributed by atoms with Crippen molar-refractivity contribution in [3.63, 3.8) is 0 Å². The van der Waals surface area contributed by atoms with Crippen molar-refractivity contribution >= 4 is 23.6 Å². The zero-order valence-corrected chi connectivity index (χ0v) is 18.0. The van der Waals surface area contributed by atoms with Gasteiger partial charge in [0.25, 0.3) is 5.91 Å². The van der Waals surface area contributed by atoms with Crippen LogP contribution < -0.4 is 5.32 Å². The smallest absolute Gasteiger partial charge is 0.253 e. The van der Waals surface area contributed by atoms with Crippen molar-refractivity contribution in [3.05, 3.63) is 35.4 Å². The summed E-state index contributed by atoms with van der Waals surface area (Å²) in [4.78, 5) is 52.5. The molecule has 4 amide bonds. The van der Waals surface area contributed by atoms with E-state index < -0.39 is 0 Å². The number of hydrogen-bond donors (Lipinski definition) is 1. The third-order valence-electron chi connectivity index (χ3n) is 6.82. The first kappa shape index (κ1) is 21.5. The van der Waals surface area contributed by atoms with Crippen molar-refractivity contribution in [1.82, 2.24) is 15.1 Å². The van der Waals surface area contributed by atoms with Crippen LogP contribution in [0.4, 0.5) is 0 Å². The number of amides is 4. The van der Waals surface area contributed by atoms with Crippen molar-refractivity contribution in [2.75, 3.05) is 26.2 Å². The molecule has 1 aromatic carbocycles. The molecule has 2 heterocycles. The van der Waals surface area contributed by atoms with Crippen LogP contribution in [0.3, 0.4) is 0 Å². The maximum atomic E-state index is 13.0. The Morgan fingerprint density at radius 3 is 2.26 bits per heavy atom. The summed E-state index contributed by atoms with van der Waals surface area (Å²) in [7, 11) is 0. The molecule has 1 atom stereocenters. The standard InChI is InChI=1S/C24H31N3O4/c28-21-16-20(23(30)25-21)14-18-6-8-19(9-7-18)24(31)27-11-3-10-26(12-13-27)22(29)15-17-4-1-2-5-17/h6-9,17,20H,1-5,10-16H2,(H,25,28,30). The molecule has 31 heavy (non-hydrogen) atoms. The van der Waals surface area contributed by atoms with Gasteiger partial charge in [-0.15, -0.1) is 0 Å². The molecule has 2 aliphatic heterocycles. The van der Waals surface area contributed by atoms with Gasteiger partial charge < -0.3 is 9.80 Å². The molecule has 4 rings (SSSR count). The molecule has 166 valence electrons. The second kappa shape index (κ2) is 9.62. The van der Waals surface area contributed by atoms with E-state index in [4.69, 9.17) is 0 Å². The molecule has 3 fully saturated rings. The van der Waals surface area contributed by atoms with Gasteiger partial charge in [0.05, 0.1) is 5.92 Å². The number of carbonyl (C=O) groups excluding carboxylic acids is 4. The van der Waals surface area contributed by atoms with Crippen molar-refractivity contribution < 1.29 is 19.2 Å². The normalized spacial score (nSPS) is 22.5. The Kier molecular flexibility index (Phi) is 6.68. The Hall–Kier alpha value is -2.70. The van der Waals surface area contributed by atoms with Gasteiger partial charge in [0, 0.05) is 44.6 Å². The van der Waals surface area contributed by atoms with Gasteiger partial charge in [0.15, 0.2) is 0 Å². The highest BCUT2D eigenvalue weighted by atomic mass is 16.2. The monoisotopic (exact) mass is 425 g/mol. The first-order valence-electron chi connectivity index (χ1n) is 11.5. The number of carbonyl (C=O) groups is 4. The van der Waals surface area contributed by atoms with E-state index in [0.29, 0.717) is 44.0 Å². The van der Waals surface area contributed by atoms with Gasteiger partial charge in [-0.05, 0) is 49.3 Å². The fourth-order valence-electron chi connectivity index (χ4n) is 4.98. The lowest BCUT2D eigenvalue weighted by atomic mass is 9.97. The summed E-state index contributed by atoms with van der Waals surface area (Å²) in [5, 5.41) is 2.33. The average molecular weight is 426 g/mol.